The molecule has 2 unspecified atom stereocenters. The molecule has 1 rings (SSSR count). The highest BCUT2D eigenvalue weighted by Gasteiger charge is 2.13. The minimum Gasteiger partial charge on any atom is -0.316 e. The van der Waals surface area contributed by atoms with Crippen LogP contribution in [0.25, 0.3) is 0 Å². The Kier molecular flexibility index (Phi) is 7.47. The van der Waals surface area contributed by atoms with E-state index in [-0.39, 0.29) is 0 Å². The fourth-order valence-electron chi connectivity index (χ4n) is 1.62. The van der Waals surface area contributed by atoms with Crippen LogP contribution >= 0.6 is 35.0 Å². The Balaban J connectivity index is 2.62. The summed E-state index contributed by atoms with van der Waals surface area (Å²) in [5.41, 5.74) is 1.05. The van der Waals surface area contributed by atoms with E-state index in [4.69, 9.17) is 23.2 Å². The molecular weight excluding hydrogens is 285 g/mol. The molecule has 1 aromatic carbocycles. The number of thioether (sulfide) groups is 1. The zero-order valence-corrected chi connectivity index (χ0v) is 13.5. The molecule has 0 saturated carbocycles. The van der Waals surface area contributed by atoms with Crippen molar-refractivity contribution in [1.82, 2.24) is 5.32 Å². The average Bonchev–Trinajstić information content (AvgIpc) is 2.37. The van der Waals surface area contributed by atoms with Gasteiger partial charge in [-0.05, 0) is 37.6 Å². The maximum Gasteiger partial charge on any atom is 0.0453 e. The number of likely N-dealkylation sites (N-methyl/N-ethyl adjacent to an activating group) is 1. The van der Waals surface area contributed by atoms with Crippen molar-refractivity contribution >= 4 is 35.0 Å². The molecule has 1 aromatic rings. The van der Waals surface area contributed by atoms with Crippen LogP contribution in [0, 0.1) is 0 Å². The smallest absolute Gasteiger partial charge is 0.0453 e. The normalized spacial score (nSPS) is 14.5. The molecule has 4 heteroatoms. The lowest BCUT2D eigenvalue weighted by Gasteiger charge is -2.19. The van der Waals surface area contributed by atoms with E-state index >= 15 is 0 Å². The van der Waals surface area contributed by atoms with Crippen LogP contribution in [0.3, 0.4) is 0 Å². The van der Waals surface area contributed by atoms with Crippen molar-refractivity contribution < 1.29 is 0 Å². The van der Waals surface area contributed by atoms with E-state index in [9.17, 15) is 0 Å². The van der Waals surface area contributed by atoms with Crippen molar-refractivity contribution in [3.63, 3.8) is 0 Å². The SMILES string of the molecule is CCC(C)SCC(Cc1c(Cl)cccc1Cl)NC. The Bertz CT molecular complexity index is 351. The number of halogens is 2. The molecule has 2 atom stereocenters. The summed E-state index contributed by atoms with van der Waals surface area (Å²) in [7, 11) is 1.99. The Labute approximate surface area is 125 Å². The molecular formula is C14H21Cl2NS. The molecule has 0 saturated heterocycles. The first-order chi connectivity index (χ1) is 8.58. The van der Waals surface area contributed by atoms with Gasteiger partial charge in [-0.3, -0.25) is 0 Å². The fraction of sp³-hybridized carbons (Fsp3) is 0.571. The van der Waals surface area contributed by atoms with Crippen molar-refractivity contribution in [3.8, 4) is 0 Å². The summed E-state index contributed by atoms with van der Waals surface area (Å²) < 4.78 is 0. The number of hydrogen-bond acceptors (Lipinski definition) is 2. The molecule has 0 heterocycles. The number of benzene rings is 1. The molecule has 18 heavy (non-hydrogen) atoms. The molecule has 0 bridgehead atoms. The van der Waals surface area contributed by atoms with Gasteiger partial charge in [0.1, 0.15) is 0 Å². The summed E-state index contributed by atoms with van der Waals surface area (Å²) in [6.07, 6.45) is 2.08. The number of hydrogen-bond donors (Lipinski definition) is 1. The average molecular weight is 306 g/mol. The molecule has 0 aliphatic rings. The topological polar surface area (TPSA) is 12.0 Å². The van der Waals surface area contributed by atoms with Gasteiger partial charge in [0.15, 0.2) is 0 Å². The van der Waals surface area contributed by atoms with Crippen LogP contribution < -0.4 is 5.32 Å². The molecule has 1 N–H and O–H groups in total. The van der Waals surface area contributed by atoms with Gasteiger partial charge in [-0.2, -0.15) is 11.8 Å². The maximum atomic E-state index is 6.20. The molecule has 102 valence electrons. The van der Waals surface area contributed by atoms with Gasteiger partial charge in [-0.15, -0.1) is 0 Å². The van der Waals surface area contributed by atoms with E-state index in [0.29, 0.717) is 11.3 Å². The summed E-state index contributed by atoms with van der Waals surface area (Å²) in [5, 5.41) is 5.56. The Hall–Kier alpha value is 0.110. The van der Waals surface area contributed by atoms with Crippen LogP contribution in [-0.4, -0.2) is 24.1 Å². The van der Waals surface area contributed by atoms with Crippen LogP contribution in [-0.2, 0) is 6.42 Å². The summed E-state index contributed by atoms with van der Waals surface area (Å²) in [5.74, 6) is 1.08. The highest BCUT2D eigenvalue weighted by Crippen LogP contribution is 2.26. The van der Waals surface area contributed by atoms with Gasteiger partial charge in [0.2, 0.25) is 0 Å². The Morgan fingerprint density at radius 3 is 2.39 bits per heavy atom. The van der Waals surface area contributed by atoms with Crippen LogP contribution in [0.5, 0.6) is 0 Å². The molecule has 0 radical (unpaired) electrons. The second kappa shape index (κ2) is 8.31. The number of rotatable bonds is 7. The van der Waals surface area contributed by atoms with Gasteiger partial charge >= 0.3 is 0 Å². The van der Waals surface area contributed by atoms with Crippen molar-refractivity contribution in [1.29, 1.82) is 0 Å². The van der Waals surface area contributed by atoms with E-state index in [1.807, 2.05) is 37.0 Å². The zero-order chi connectivity index (χ0) is 13.5. The largest absolute Gasteiger partial charge is 0.316 e. The molecule has 0 aliphatic carbocycles. The lowest BCUT2D eigenvalue weighted by atomic mass is 10.1. The molecule has 0 amide bonds. The van der Waals surface area contributed by atoms with Gasteiger partial charge in [0.05, 0.1) is 0 Å². The van der Waals surface area contributed by atoms with Crippen LogP contribution in [0.4, 0.5) is 0 Å². The summed E-state index contributed by atoms with van der Waals surface area (Å²) >= 11 is 14.4. The van der Waals surface area contributed by atoms with E-state index in [1.54, 1.807) is 0 Å². The molecule has 1 nitrogen and oxygen atoms in total. The van der Waals surface area contributed by atoms with E-state index in [1.165, 1.54) is 6.42 Å². The van der Waals surface area contributed by atoms with Crippen LogP contribution in [0.1, 0.15) is 25.8 Å². The first kappa shape index (κ1) is 16.2. The quantitative estimate of drug-likeness (QED) is 0.786. The third-order valence-corrected chi connectivity index (χ3v) is 5.28. The highest BCUT2D eigenvalue weighted by molar-refractivity contribution is 7.99. The van der Waals surface area contributed by atoms with Gasteiger partial charge < -0.3 is 5.32 Å². The zero-order valence-electron chi connectivity index (χ0n) is 11.2. The predicted molar refractivity (Wildman–Crippen MR) is 85.2 cm³/mol. The lowest BCUT2D eigenvalue weighted by Crippen LogP contribution is -2.31. The first-order valence-electron chi connectivity index (χ1n) is 6.30. The second-order valence-corrected chi connectivity index (χ2v) is 6.73. The number of nitrogens with one attached hydrogen (secondary N) is 1. The second-order valence-electron chi connectivity index (χ2n) is 4.44. The van der Waals surface area contributed by atoms with Crippen molar-refractivity contribution in [3.05, 3.63) is 33.8 Å². The maximum absolute atomic E-state index is 6.20. The van der Waals surface area contributed by atoms with Crippen molar-refractivity contribution in [2.75, 3.05) is 12.8 Å². The van der Waals surface area contributed by atoms with E-state index in [0.717, 1.165) is 27.8 Å². The van der Waals surface area contributed by atoms with E-state index in [2.05, 4.69) is 19.2 Å². The summed E-state index contributed by atoms with van der Waals surface area (Å²) in [6.45, 7) is 4.48. The first-order valence-corrected chi connectivity index (χ1v) is 8.10. The third-order valence-electron chi connectivity index (χ3n) is 3.08. The standard InChI is InChI=1S/C14H21Cl2NS/c1-4-10(2)18-9-11(17-3)8-12-13(15)6-5-7-14(12)16/h5-7,10-11,17H,4,8-9H2,1-3H3. The van der Waals surface area contributed by atoms with Crippen LogP contribution in [0.2, 0.25) is 10.0 Å². The van der Waals surface area contributed by atoms with Crippen LogP contribution in [0.15, 0.2) is 18.2 Å². The highest BCUT2D eigenvalue weighted by atomic mass is 35.5. The van der Waals surface area contributed by atoms with Gasteiger partial charge in [-0.1, -0.05) is 43.1 Å². The van der Waals surface area contributed by atoms with Crippen molar-refractivity contribution in [2.45, 2.75) is 38.0 Å². The Morgan fingerprint density at radius 2 is 1.89 bits per heavy atom. The minimum absolute atomic E-state index is 0.404. The minimum atomic E-state index is 0.404. The Morgan fingerprint density at radius 1 is 1.28 bits per heavy atom. The van der Waals surface area contributed by atoms with Gasteiger partial charge in [0.25, 0.3) is 0 Å². The monoisotopic (exact) mass is 305 g/mol. The lowest BCUT2D eigenvalue weighted by molar-refractivity contribution is 0.616. The molecule has 0 spiro atoms. The molecule has 0 aliphatic heterocycles. The molecule has 0 fully saturated rings. The van der Waals surface area contributed by atoms with Gasteiger partial charge in [-0.25, -0.2) is 0 Å². The summed E-state index contributed by atoms with van der Waals surface area (Å²) in [4.78, 5) is 0. The van der Waals surface area contributed by atoms with Gasteiger partial charge in [0, 0.05) is 27.1 Å². The van der Waals surface area contributed by atoms with Crippen molar-refractivity contribution in [2.24, 2.45) is 0 Å². The summed E-state index contributed by atoms with van der Waals surface area (Å²) in [6, 6.07) is 6.09. The fourth-order valence-corrected chi connectivity index (χ4v) is 3.25. The third kappa shape index (κ3) is 5.00. The molecule has 0 aromatic heterocycles. The predicted octanol–water partition coefficient (Wildman–Crippen LogP) is 4.66. The van der Waals surface area contributed by atoms with E-state index < -0.39 is 0 Å².